The van der Waals surface area contributed by atoms with E-state index in [0.29, 0.717) is 15.8 Å². The smallest absolute Gasteiger partial charge is 0.312 e. The highest BCUT2D eigenvalue weighted by molar-refractivity contribution is 9.10. The SMILES string of the molecule is CC(=O)Nc1ccc(Nc2ncc(Br)cc2[N+](=O)[O-])cc1. The Morgan fingerprint density at radius 3 is 2.48 bits per heavy atom. The normalized spacial score (nSPS) is 10.0. The van der Waals surface area contributed by atoms with Gasteiger partial charge in [-0.1, -0.05) is 0 Å². The number of benzene rings is 1. The molecule has 1 aromatic heterocycles. The van der Waals surface area contributed by atoms with Crippen molar-refractivity contribution in [2.24, 2.45) is 0 Å². The molecular weight excluding hydrogens is 340 g/mol. The molecule has 7 nitrogen and oxygen atoms in total. The summed E-state index contributed by atoms with van der Waals surface area (Å²) in [6.45, 7) is 1.42. The van der Waals surface area contributed by atoms with Crippen molar-refractivity contribution in [3.8, 4) is 0 Å². The van der Waals surface area contributed by atoms with Crippen LogP contribution in [0.4, 0.5) is 22.9 Å². The molecule has 0 saturated carbocycles. The summed E-state index contributed by atoms with van der Waals surface area (Å²) in [6.07, 6.45) is 1.47. The molecular formula is C13H11BrN4O3. The number of halogens is 1. The van der Waals surface area contributed by atoms with Gasteiger partial charge in [0.25, 0.3) is 0 Å². The van der Waals surface area contributed by atoms with E-state index < -0.39 is 4.92 Å². The molecule has 2 N–H and O–H groups in total. The van der Waals surface area contributed by atoms with Crippen LogP contribution >= 0.6 is 15.9 Å². The average molecular weight is 351 g/mol. The summed E-state index contributed by atoms with van der Waals surface area (Å²) in [7, 11) is 0. The number of nitro groups is 1. The summed E-state index contributed by atoms with van der Waals surface area (Å²) >= 11 is 3.15. The summed E-state index contributed by atoms with van der Waals surface area (Å²) in [6, 6.07) is 8.14. The minimum absolute atomic E-state index is 0.129. The predicted octanol–water partition coefficient (Wildman–Crippen LogP) is 3.45. The highest BCUT2D eigenvalue weighted by atomic mass is 79.9. The van der Waals surface area contributed by atoms with Gasteiger partial charge in [-0.2, -0.15) is 0 Å². The first-order valence-electron chi connectivity index (χ1n) is 5.90. The largest absolute Gasteiger partial charge is 0.334 e. The van der Waals surface area contributed by atoms with Crippen molar-refractivity contribution in [2.75, 3.05) is 10.6 Å². The first kappa shape index (κ1) is 14.9. The van der Waals surface area contributed by atoms with Crippen LogP contribution < -0.4 is 10.6 Å². The molecule has 1 aromatic carbocycles. The van der Waals surface area contributed by atoms with Gasteiger partial charge in [0, 0.05) is 35.0 Å². The molecule has 0 aliphatic rings. The minimum atomic E-state index is -0.508. The molecule has 2 aromatic rings. The zero-order chi connectivity index (χ0) is 15.4. The zero-order valence-electron chi connectivity index (χ0n) is 11.0. The average Bonchev–Trinajstić information content (AvgIpc) is 2.42. The van der Waals surface area contributed by atoms with Crippen LogP contribution in [0.1, 0.15) is 6.92 Å². The molecule has 0 radical (unpaired) electrons. The molecule has 0 bridgehead atoms. The molecule has 0 aliphatic heterocycles. The van der Waals surface area contributed by atoms with Gasteiger partial charge in [-0.05, 0) is 40.2 Å². The maximum Gasteiger partial charge on any atom is 0.312 e. The van der Waals surface area contributed by atoms with E-state index in [9.17, 15) is 14.9 Å². The van der Waals surface area contributed by atoms with Gasteiger partial charge in [0.1, 0.15) is 0 Å². The highest BCUT2D eigenvalue weighted by Gasteiger charge is 2.15. The number of anilines is 3. The molecule has 0 fully saturated rings. The number of amides is 1. The Morgan fingerprint density at radius 1 is 1.29 bits per heavy atom. The van der Waals surface area contributed by atoms with Crippen LogP contribution in [0.25, 0.3) is 0 Å². The van der Waals surface area contributed by atoms with E-state index in [0.717, 1.165) is 0 Å². The van der Waals surface area contributed by atoms with Gasteiger partial charge in [-0.15, -0.1) is 0 Å². The van der Waals surface area contributed by atoms with Crippen molar-refractivity contribution in [3.05, 3.63) is 51.1 Å². The van der Waals surface area contributed by atoms with Crippen LogP contribution in [0.3, 0.4) is 0 Å². The zero-order valence-corrected chi connectivity index (χ0v) is 12.5. The van der Waals surface area contributed by atoms with Gasteiger partial charge in [-0.25, -0.2) is 4.98 Å². The molecule has 0 spiro atoms. The van der Waals surface area contributed by atoms with Crippen molar-refractivity contribution in [3.63, 3.8) is 0 Å². The summed E-state index contributed by atoms with van der Waals surface area (Å²) in [4.78, 5) is 25.4. The number of pyridine rings is 1. The van der Waals surface area contributed by atoms with Gasteiger partial charge < -0.3 is 10.6 Å². The fourth-order valence-corrected chi connectivity index (χ4v) is 1.96. The Bertz CT molecular complexity index is 688. The van der Waals surface area contributed by atoms with Gasteiger partial charge in [0.05, 0.1) is 4.92 Å². The Kier molecular flexibility index (Phi) is 4.49. The summed E-state index contributed by atoms with van der Waals surface area (Å²) < 4.78 is 0.528. The third-order valence-corrected chi connectivity index (χ3v) is 2.93. The number of nitrogens with one attached hydrogen (secondary N) is 2. The standard InChI is InChI=1S/C13H11BrN4O3/c1-8(19)16-10-2-4-11(5-3-10)17-13-12(18(20)21)6-9(14)7-15-13/h2-7H,1H3,(H,15,17)(H,16,19). The lowest BCUT2D eigenvalue weighted by Gasteiger charge is -2.07. The number of aromatic nitrogens is 1. The molecule has 108 valence electrons. The molecule has 21 heavy (non-hydrogen) atoms. The molecule has 0 saturated heterocycles. The van der Waals surface area contributed by atoms with E-state index in [2.05, 4.69) is 31.5 Å². The lowest BCUT2D eigenvalue weighted by atomic mass is 10.2. The summed E-state index contributed by atoms with van der Waals surface area (Å²) in [5.74, 6) is -0.0172. The molecule has 0 atom stereocenters. The van der Waals surface area contributed by atoms with Crippen LogP contribution in [-0.2, 0) is 4.79 Å². The van der Waals surface area contributed by atoms with E-state index >= 15 is 0 Å². The predicted molar refractivity (Wildman–Crippen MR) is 82.6 cm³/mol. The molecule has 2 rings (SSSR count). The maximum absolute atomic E-state index is 11.0. The highest BCUT2D eigenvalue weighted by Crippen LogP contribution is 2.28. The molecule has 1 amide bonds. The van der Waals surface area contributed by atoms with Gasteiger partial charge >= 0.3 is 5.69 Å². The second kappa shape index (κ2) is 6.31. The number of nitrogens with zero attached hydrogens (tertiary/aromatic N) is 2. The van der Waals surface area contributed by atoms with Crippen LogP contribution in [0.5, 0.6) is 0 Å². The Hall–Kier alpha value is -2.48. The van der Waals surface area contributed by atoms with Crippen LogP contribution in [0.2, 0.25) is 0 Å². The van der Waals surface area contributed by atoms with Crippen LogP contribution in [-0.4, -0.2) is 15.8 Å². The van der Waals surface area contributed by atoms with Gasteiger partial charge in [-0.3, -0.25) is 14.9 Å². The molecule has 8 heteroatoms. The number of carbonyl (C=O) groups excluding carboxylic acids is 1. The van der Waals surface area contributed by atoms with Crippen molar-refractivity contribution in [2.45, 2.75) is 6.92 Å². The van der Waals surface area contributed by atoms with Crippen LogP contribution in [0.15, 0.2) is 41.0 Å². The third-order valence-electron chi connectivity index (χ3n) is 2.50. The van der Waals surface area contributed by atoms with Crippen molar-refractivity contribution in [1.29, 1.82) is 0 Å². The van der Waals surface area contributed by atoms with E-state index in [4.69, 9.17) is 0 Å². The minimum Gasteiger partial charge on any atom is -0.334 e. The third kappa shape index (κ3) is 3.99. The van der Waals surface area contributed by atoms with E-state index in [1.807, 2.05) is 0 Å². The van der Waals surface area contributed by atoms with Gasteiger partial charge in [0.2, 0.25) is 11.7 Å². The molecule has 0 aliphatic carbocycles. The fraction of sp³-hybridized carbons (Fsp3) is 0.0769. The second-order valence-electron chi connectivity index (χ2n) is 4.16. The Balaban J connectivity index is 2.22. The fourth-order valence-electron chi connectivity index (χ4n) is 1.64. The Morgan fingerprint density at radius 2 is 1.90 bits per heavy atom. The van der Waals surface area contributed by atoms with E-state index in [-0.39, 0.29) is 17.4 Å². The number of hydrogen-bond donors (Lipinski definition) is 2. The lowest BCUT2D eigenvalue weighted by Crippen LogP contribution is -2.05. The number of hydrogen-bond acceptors (Lipinski definition) is 5. The van der Waals surface area contributed by atoms with Crippen molar-refractivity contribution < 1.29 is 9.72 Å². The number of rotatable bonds is 4. The van der Waals surface area contributed by atoms with Crippen molar-refractivity contribution in [1.82, 2.24) is 4.98 Å². The first-order valence-corrected chi connectivity index (χ1v) is 6.69. The molecule has 0 unspecified atom stereocenters. The topological polar surface area (TPSA) is 97.2 Å². The van der Waals surface area contributed by atoms with Gasteiger partial charge in [0.15, 0.2) is 0 Å². The second-order valence-corrected chi connectivity index (χ2v) is 5.08. The first-order chi connectivity index (χ1) is 9.95. The van der Waals surface area contributed by atoms with Crippen LogP contribution in [0, 0.1) is 10.1 Å². The monoisotopic (exact) mass is 350 g/mol. The maximum atomic E-state index is 11.0. The Labute approximate surface area is 128 Å². The van der Waals surface area contributed by atoms with Crippen molar-refractivity contribution >= 4 is 44.7 Å². The summed E-state index contributed by atoms with van der Waals surface area (Å²) in [5.41, 5.74) is 1.14. The van der Waals surface area contributed by atoms with E-state index in [1.165, 1.54) is 19.2 Å². The quantitative estimate of drug-likeness (QED) is 0.650. The summed E-state index contributed by atoms with van der Waals surface area (Å²) in [5, 5.41) is 16.5. The molecule has 1 heterocycles. The number of carbonyl (C=O) groups is 1. The lowest BCUT2D eigenvalue weighted by molar-refractivity contribution is -0.384. The van der Waals surface area contributed by atoms with E-state index in [1.54, 1.807) is 24.3 Å².